The van der Waals surface area contributed by atoms with Crippen molar-refractivity contribution in [1.29, 1.82) is 0 Å². The number of aliphatic hydroxyl groups is 2. The van der Waals surface area contributed by atoms with Crippen LogP contribution in [0.2, 0.25) is 0 Å². The average Bonchev–Trinajstić information content (AvgIpc) is 3.90. The molecule has 5 N–H and O–H groups in total. The molecule has 2 aliphatic carbocycles. The van der Waals surface area contributed by atoms with E-state index >= 15 is 0 Å². The van der Waals surface area contributed by atoms with Crippen molar-refractivity contribution in [2.45, 2.75) is 155 Å². The van der Waals surface area contributed by atoms with Gasteiger partial charge < -0.3 is 35.4 Å². The number of carboxylic acids is 1. The van der Waals surface area contributed by atoms with Crippen molar-refractivity contribution >= 4 is 29.8 Å². The van der Waals surface area contributed by atoms with Crippen LogP contribution in [0.3, 0.4) is 0 Å². The predicted octanol–water partition coefficient (Wildman–Crippen LogP) is 12.7. The monoisotopic (exact) mass is 1060 g/mol. The maximum atomic E-state index is 14.0. The number of halogens is 2. The van der Waals surface area contributed by atoms with Crippen molar-refractivity contribution in [3.8, 4) is 44.8 Å². The second-order valence-electron chi connectivity index (χ2n) is 21.4. The van der Waals surface area contributed by atoms with E-state index in [1.165, 1.54) is 30.3 Å². The Morgan fingerprint density at radius 1 is 0.795 bits per heavy atom. The summed E-state index contributed by atoms with van der Waals surface area (Å²) in [6.45, 7) is 21.8. The molecule has 1 aliphatic heterocycles. The number of carbonyl (C=O) groups is 2. The van der Waals surface area contributed by atoms with Crippen LogP contribution < -0.4 is 5.73 Å². The first-order chi connectivity index (χ1) is 37.2. The van der Waals surface area contributed by atoms with Crippen LogP contribution in [0.1, 0.15) is 154 Å². The lowest BCUT2D eigenvalue weighted by Gasteiger charge is -2.39. The van der Waals surface area contributed by atoms with E-state index in [1.807, 2.05) is 45.9 Å². The number of aryl methyl sites for hydroxylation is 2. The van der Waals surface area contributed by atoms with E-state index in [-0.39, 0.29) is 47.8 Å². The number of aromatic nitrogens is 4. The number of hydrogen-bond donors (Lipinski definition) is 4. The van der Waals surface area contributed by atoms with Gasteiger partial charge in [0.25, 0.3) is 11.7 Å². The molecule has 2 aromatic carbocycles. The Bertz CT molecular complexity index is 3290. The Labute approximate surface area is 455 Å². The molecule has 3 aliphatic rings. The lowest BCUT2D eigenvalue weighted by Crippen LogP contribution is -2.43. The van der Waals surface area contributed by atoms with Crippen molar-refractivity contribution in [1.82, 2.24) is 19.9 Å². The van der Waals surface area contributed by atoms with Crippen molar-refractivity contribution in [2.24, 2.45) is 5.73 Å². The van der Waals surface area contributed by atoms with E-state index < -0.39 is 36.3 Å². The van der Waals surface area contributed by atoms with Gasteiger partial charge in [0.15, 0.2) is 5.79 Å². The zero-order valence-corrected chi connectivity index (χ0v) is 45.3. The van der Waals surface area contributed by atoms with Gasteiger partial charge in [-0.15, -0.1) is 4.98 Å². The first-order valence-electron chi connectivity index (χ1n) is 26.8. The third-order valence-electron chi connectivity index (χ3n) is 14.4. The molecule has 0 saturated carbocycles. The SMILES string of the molecule is CC(C)c1nc2c(c(-c3ccc(F)cc3)c1/C=C/[C@@H](O)C[C@@H](O)CC(=O)O)CCCc1cc(C(N)=O)ncc1-2.[C-]#[N+]c1cc2c(cn1)-c1nc(C(C)C)c(/C=C/[C@@H]3C[C@H](CC)OC(C)(C)O3)c(-c3ccc(F)cc3)c1CCC2. The second kappa shape index (κ2) is 24.5. The molecule has 5 heterocycles. The Kier molecular flexibility index (Phi) is 17.9. The van der Waals surface area contributed by atoms with Gasteiger partial charge in [-0.2, -0.15) is 0 Å². The minimum atomic E-state index is -1.19. The first-order valence-corrected chi connectivity index (χ1v) is 26.8. The van der Waals surface area contributed by atoms with Gasteiger partial charge in [0, 0.05) is 41.3 Å². The fourth-order valence-corrected chi connectivity index (χ4v) is 10.9. The van der Waals surface area contributed by atoms with Gasteiger partial charge in [-0.1, -0.05) is 89.8 Å². The third-order valence-corrected chi connectivity index (χ3v) is 14.4. The number of nitrogens with zero attached hydrogens (tertiary/aromatic N) is 5. The molecule has 0 spiro atoms. The Morgan fingerprint density at radius 3 is 1.82 bits per heavy atom. The van der Waals surface area contributed by atoms with Gasteiger partial charge in [0.2, 0.25) is 0 Å². The number of fused-ring (bicyclic) bond motifs is 6. The molecule has 1 fully saturated rings. The minimum Gasteiger partial charge on any atom is -0.481 e. The number of carboxylic acid groups (broad SMARTS) is 1. The second-order valence-corrected chi connectivity index (χ2v) is 21.4. The van der Waals surface area contributed by atoms with Gasteiger partial charge in [0.1, 0.15) is 23.5 Å². The summed E-state index contributed by atoms with van der Waals surface area (Å²) in [6.07, 6.45) is 14.6. The van der Waals surface area contributed by atoms with Crippen LogP contribution in [0, 0.1) is 18.2 Å². The van der Waals surface area contributed by atoms with Crippen LogP contribution in [0.25, 0.3) is 61.8 Å². The molecule has 0 unspecified atom stereocenters. The topological polar surface area (TPSA) is 195 Å². The van der Waals surface area contributed by atoms with E-state index in [0.717, 1.165) is 128 Å². The molecule has 1 amide bonds. The molecule has 0 bridgehead atoms. The summed E-state index contributed by atoms with van der Waals surface area (Å²) in [5.41, 5.74) is 20.4. The Balaban J connectivity index is 0.000000206. The lowest BCUT2D eigenvalue weighted by molar-refractivity contribution is -0.290. The third kappa shape index (κ3) is 13.1. The van der Waals surface area contributed by atoms with E-state index in [2.05, 4.69) is 47.7 Å². The highest BCUT2D eigenvalue weighted by atomic mass is 19.1. The fourth-order valence-electron chi connectivity index (χ4n) is 10.9. The molecule has 15 heteroatoms. The van der Waals surface area contributed by atoms with E-state index in [9.17, 15) is 28.6 Å². The number of pyridine rings is 4. The zero-order chi connectivity index (χ0) is 56.0. The van der Waals surface area contributed by atoms with Gasteiger partial charge >= 0.3 is 5.97 Å². The Hall–Kier alpha value is -7.35. The first kappa shape index (κ1) is 56.8. The molecule has 4 aromatic heterocycles. The van der Waals surface area contributed by atoms with Crippen LogP contribution in [-0.4, -0.2) is 77.3 Å². The highest BCUT2D eigenvalue weighted by Gasteiger charge is 2.34. The number of hydrogen-bond acceptors (Lipinski definition) is 10. The number of amides is 1. The summed E-state index contributed by atoms with van der Waals surface area (Å²) in [5, 5.41) is 29.4. The van der Waals surface area contributed by atoms with Crippen LogP contribution in [0.15, 0.2) is 85.2 Å². The fraction of sp³-hybridized carbons (Fsp3) is 0.381. The van der Waals surface area contributed by atoms with Gasteiger partial charge in [0.05, 0.1) is 53.6 Å². The molecule has 406 valence electrons. The minimum absolute atomic E-state index is 0.0338. The number of carbonyl (C=O) groups excluding carboxylic acids is 1. The van der Waals surface area contributed by atoms with Crippen molar-refractivity contribution in [3.63, 3.8) is 0 Å². The number of aliphatic hydroxyl groups excluding tert-OH is 2. The van der Waals surface area contributed by atoms with Crippen molar-refractivity contribution in [3.05, 3.63) is 159 Å². The largest absolute Gasteiger partial charge is 0.481 e. The summed E-state index contributed by atoms with van der Waals surface area (Å²) in [6, 6.07) is 16.6. The van der Waals surface area contributed by atoms with Crippen molar-refractivity contribution in [2.75, 3.05) is 0 Å². The highest BCUT2D eigenvalue weighted by molar-refractivity contribution is 5.92. The number of nitrogens with two attached hydrogens (primary N) is 1. The number of rotatable bonds is 14. The maximum absolute atomic E-state index is 14.0. The summed E-state index contributed by atoms with van der Waals surface area (Å²) in [7, 11) is 0. The number of aliphatic carboxylic acids is 1. The van der Waals surface area contributed by atoms with Gasteiger partial charge in [-0.25, -0.2) is 8.78 Å². The standard InChI is InChI=1S/C33H36FN3O2.C30H32FN3O5/c1-7-24-18-25(39-33(4,5)38-24)15-16-27-30(21-11-13-23(34)14-12-21)26-10-8-9-22-17-29(35-6)36-19-28(22)32(26)37-31(27)20(2)3;1-16(2)28-23(11-10-20(35)13-21(36)14-26(37)38)27(17-6-8-19(31)9-7-17)22-5-3-4-18-12-25(30(32)39)33-15-24(18)29(22)34-28/h11-17,19-20,24-25H,7-10,18H2,1-5H3;6-12,15-16,20-21,35-36H,3-5,13-14H2,1-2H3,(H2,32,39)(H,37,38)/b16-15+;11-10+/t24-,25+;20-,21-/m01/s1. The smallest absolute Gasteiger partial charge is 0.305 e. The van der Waals surface area contributed by atoms with E-state index in [0.29, 0.717) is 18.7 Å². The average molecular weight is 1060 g/mol. The number of primary amides is 1. The van der Waals surface area contributed by atoms with Crippen LogP contribution in [0.4, 0.5) is 14.6 Å². The molecule has 4 atom stereocenters. The number of benzene rings is 2. The molecule has 1 saturated heterocycles. The molecular formula is C63H68F2N6O7. The van der Waals surface area contributed by atoms with Gasteiger partial charge in [-0.3, -0.25) is 24.5 Å². The molecule has 6 aromatic rings. The summed E-state index contributed by atoms with van der Waals surface area (Å²) < 4.78 is 40.3. The molecule has 0 radical (unpaired) electrons. The van der Waals surface area contributed by atoms with Crippen LogP contribution >= 0.6 is 0 Å². The van der Waals surface area contributed by atoms with Gasteiger partial charge in [-0.05, 0) is 152 Å². The van der Waals surface area contributed by atoms with E-state index in [4.69, 9.17) is 36.9 Å². The van der Waals surface area contributed by atoms with Crippen LogP contribution in [-0.2, 0) is 40.0 Å². The predicted molar refractivity (Wildman–Crippen MR) is 298 cm³/mol. The normalized spacial score (nSPS) is 17.4. The summed E-state index contributed by atoms with van der Waals surface area (Å²) in [5.74, 6) is -2.50. The quantitative estimate of drug-likeness (QED) is 0.0758. The maximum Gasteiger partial charge on any atom is 0.305 e. The number of ether oxygens (including phenoxy) is 2. The van der Waals surface area contributed by atoms with E-state index in [1.54, 1.807) is 36.7 Å². The Morgan fingerprint density at radius 2 is 1.32 bits per heavy atom. The van der Waals surface area contributed by atoms with Crippen molar-refractivity contribution < 1.29 is 43.2 Å². The van der Waals surface area contributed by atoms with Crippen LogP contribution in [0.5, 0.6) is 0 Å². The lowest BCUT2D eigenvalue weighted by atomic mass is 9.86. The molecule has 9 rings (SSSR count). The summed E-state index contributed by atoms with van der Waals surface area (Å²) >= 11 is 0. The molecule has 13 nitrogen and oxygen atoms in total. The molecule has 78 heavy (non-hydrogen) atoms. The molecular weight excluding hydrogens is 991 g/mol. The highest BCUT2D eigenvalue weighted by Crippen LogP contribution is 2.44. The zero-order valence-electron chi connectivity index (χ0n) is 45.3. The summed E-state index contributed by atoms with van der Waals surface area (Å²) in [4.78, 5) is 45.2.